The maximum atomic E-state index is 12.7. The molecule has 2 fully saturated rings. The molecule has 0 aromatic heterocycles. The first-order valence-electron chi connectivity index (χ1n) is 9.53. The van der Waals surface area contributed by atoms with Gasteiger partial charge in [-0.3, -0.25) is 14.9 Å². The number of morpholine rings is 1. The van der Waals surface area contributed by atoms with Gasteiger partial charge in [0.05, 0.1) is 34.5 Å². The molecule has 2 heterocycles. The molecule has 0 spiro atoms. The van der Waals surface area contributed by atoms with Crippen LogP contribution >= 0.6 is 0 Å². The van der Waals surface area contributed by atoms with Gasteiger partial charge in [0.25, 0.3) is 5.91 Å². The Kier molecular flexibility index (Phi) is 6.83. The lowest BCUT2D eigenvalue weighted by atomic mass is 10.2. The number of benzene rings is 1. The molecule has 2 unspecified atom stereocenters. The number of carbonyl (C=O) groups is 1. The van der Waals surface area contributed by atoms with Crippen LogP contribution in [0, 0.1) is 10.1 Å². The van der Waals surface area contributed by atoms with Crippen molar-refractivity contribution in [3.8, 4) is 5.75 Å². The molecule has 0 aliphatic carbocycles. The number of nitrogens with one attached hydrogen (secondary N) is 1. The van der Waals surface area contributed by atoms with E-state index in [1.807, 2.05) is 0 Å². The van der Waals surface area contributed by atoms with Crippen LogP contribution in [-0.2, 0) is 29.4 Å². The number of nitrogens with zero attached hydrogens (tertiary/aromatic N) is 2. The number of nitro benzene ring substituents is 1. The van der Waals surface area contributed by atoms with Gasteiger partial charge in [0.2, 0.25) is 10.0 Å². The fraction of sp³-hybridized carbons (Fsp3) is 0.588. The molecule has 3 rings (SSSR count). The predicted octanol–water partition coefficient (Wildman–Crippen LogP) is -0.314. The molecule has 0 bridgehead atoms. The average Bonchev–Trinajstić information content (AvgIpc) is 3.06. The van der Waals surface area contributed by atoms with Crippen LogP contribution in [0.25, 0.3) is 0 Å². The van der Waals surface area contributed by atoms with Gasteiger partial charge >= 0.3 is 5.69 Å². The molecule has 2 saturated heterocycles. The third-order valence-corrected chi connectivity index (χ3v) is 8.65. The fourth-order valence-electron chi connectivity index (χ4n) is 3.31. The van der Waals surface area contributed by atoms with Crippen molar-refractivity contribution < 1.29 is 36.0 Å². The molecule has 0 radical (unpaired) electrons. The zero-order valence-corrected chi connectivity index (χ0v) is 18.4. The van der Waals surface area contributed by atoms with Crippen molar-refractivity contribution in [2.24, 2.45) is 0 Å². The third kappa shape index (κ3) is 5.50. The quantitative estimate of drug-likeness (QED) is 0.410. The minimum Gasteiger partial charge on any atom is -0.474 e. The SMILES string of the molecule is CC(Oc1ccc(S(=O)(=O)N2CCOCC2)cc1[N+](=O)[O-])C(=O)NC1CCS(=O)(=O)C1. The molecule has 31 heavy (non-hydrogen) atoms. The van der Waals surface area contributed by atoms with E-state index in [-0.39, 0.29) is 54.9 Å². The topological polar surface area (TPSA) is 162 Å². The van der Waals surface area contributed by atoms with Gasteiger partial charge in [0.15, 0.2) is 21.7 Å². The third-order valence-electron chi connectivity index (χ3n) is 4.99. The molecule has 12 nitrogen and oxygen atoms in total. The smallest absolute Gasteiger partial charge is 0.312 e. The Hall–Kier alpha value is -2.29. The minimum absolute atomic E-state index is 0.0161. The van der Waals surface area contributed by atoms with Crippen LogP contribution in [-0.4, -0.2) is 81.9 Å². The van der Waals surface area contributed by atoms with E-state index in [0.29, 0.717) is 0 Å². The lowest BCUT2D eigenvalue weighted by Gasteiger charge is -2.26. The predicted molar refractivity (Wildman–Crippen MR) is 108 cm³/mol. The van der Waals surface area contributed by atoms with E-state index in [2.05, 4.69) is 5.32 Å². The molecule has 1 aromatic carbocycles. The van der Waals surface area contributed by atoms with Crippen LogP contribution < -0.4 is 10.1 Å². The first-order chi connectivity index (χ1) is 14.5. The Labute approximate surface area is 179 Å². The van der Waals surface area contributed by atoms with Crippen molar-refractivity contribution in [3.63, 3.8) is 0 Å². The highest BCUT2D eigenvalue weighted by Gasteiger charge is 2.32. The highest BCUT2D eigenvalue weighted by molar-refractivity contribution is 7.91. The van der Waals surface area contributed by atoms with Gasteiger partial charge in [-0.15, -0.1) is 0 Å². The van der Waals surface area contributed by atoms with E-state index in [4.69, 9.17) is 9.47 Å². The summed E-state index contributed by atoms with van der Waals surface area (Å²) in [5.41, 5.74) is -0.600. The Morgan fingerprint density at radius 2 is 2.03 bits per heavy atom. The van der Waals surface area contributed by atoms with Crippen molar-refractivity contribution in [1.29, 1.82) is 0 Å². The van der Waals surface area contributed by atoms with E-state index in [1.165, 1.54) is 17.3 Å². The summed E-state index contributed by atoms with van der Waals surface area (Å²) in [7, 11) is -7.13. The number of hydrogen-bond acceptors (Lipinski definition) is 9. The molecule has 14 heteroatoms. The first kappa shape index (κ1) is 23.4. The molecular weight excluding hydrogens is 454 g/mol. The van der Waals surface area contributed by atoms with Gasteiger partial charge in [0.1, 0.15) is 0 Å². The van der Waals surface area contributed by atoms with Crippen molar-refractivity contribution in [2.75, 3.05) is 37.8 Å². The van der Waals surface area contributed by atoms with Crippen LogP contribution in [0.5, 0.6) is 5.75 Å². The van der Waals surface area contributed by atoms with E-state index < -0.39 is 48.5 Å². The lowest BCUT2D eigenvalue weighted by molar-refractivity contribution is -0.386. The largest absolute Gasteiger partial charge is 0.474 e. The standard InChI is InChI=1S/C17H23N3O9S2/c1-12(17(21)18-13-4-9-30(24,25)11-13)29-16-3-2-14(10-15(16)20(22)23)31(26,27)19-5-7-28-8-6-19/h2-3,10,12-13H,4-9,11H2,1H3,(H,18,21). The number of ether oxygens (including phenoxy) is 2. The summed E-state index contributed by atoms with van der Waals surface area (Å²) in [5.74, 6) is -1.08. The van der Waals surface area contributed by atoms with E-state index >= 15 is 0 Å². The van der Waals surface area contributed by atoms with Crippen LogP contribution in [0.15, 0.2) is 23.1 Å². The molecule has 2 aliphatic heterocycles. The summed E-state index contributed by atoms with van der Waals surface area (Å²) >= 11 is 0. The number of rotatable bonds is 7. The summed E-state index contributed by atoms with van der Waals surface area (Å²) in [6.07, 6.45) is -0.876. The number of nitro groups is 1. The van der Waals surface area contributed by atoms with Crippen molar-refractivity contribution >= 4 is 31.5 Å². The highest BCUT2D eigenvalue weighted by atomic mass is 32.2. The van der Waals surface area contributed by atoms with Gasteiger partial charge in [-0.2, -0.15) is 4.31 Å². The number of hydrogen-bond donors (Lipinski definition) is 1. The normalized spacial score (nSPS) is 22.5. The van der Waals surface area contributed by atoms with Gasteiger partial charge in [-0.1, -0.05) is 0 Å². The Morgan fingerprint density at radius 3 is 2.61 bits per heavy atom. The molecule has 1 N–H and O–H groups in total. The zero-order chi connectivity index (χ0) is 22.8. The summed E-state index contributed by atoms with van der Waals surface area (Å²) < 4.78 is 60.2. The summed E-state index contributed by atoms with van der Waals surface area (Å²) in [4.78, 5) is 22.8. The van der Waals surface area contributed by atoms with E-state index in [9.17, 15) is 31.7 Å². The van der Waals surface area contributed by atoms with Gasteiger partial charge in [-0.25, -0.2) is 16.8 Å². The van der Waals surface area contributed by atoms with Gasteiger partial charge < -0.3 is 14.8 Å². The Bertz CT molecular complexity index is 1070. The fourth-order valence-corrected chi connectivity index (χ4v) is 6.41. The van der Waals surface area contributed by atoms with Gasteiger partial charge in [0, 0.05) is 25.2 Å². The van der Waals surface area contributed by atoms with Crippen molar-refractivity contribution in [2.45, 2.75) is 30.4 Å². The second kappa shape index (κ2) is 9.06. The number of sulfonamides is 1. The highest BCUT2D eigenvalue weighted by Crippen LogP contribution is 2.32. The maximum absolute atomic E-state index is 12.7. The van der Waals surface area contributed by atoms with E-state index in [1.54, 1.807) is 0 Å². The van der Waals surface area contributed by atoms with Crippen LogP contribution in [0.4, 0.5) is 5.69 Å². The average molecular weight is 478 g/mol. The van der Waals surface area contributed by atoms with Crippen molar-refractivity contribution in [1.82, 2.24) is 9.62 Å². The Morgan fingerprint density at radius 1 is 1.35 bits per heavy atom. The summed E-state index contributed by atoms with van der Waals surface area (Å²) in [5, 5.41) is 14.1. The molecular formula is C17H23N3O9S2. The molecule has 0 saturated carbocycles. The van der Waals surface area contributed by atoms with E-state index in [0.717, 1.165) is 12.1 Å². The second-order valence-corrected chi connectivity index (χ2v) is 11.4. The summed E-state index contributed by atoms with van der Waals surface area (Å²) in [6, 6.07) is 2.67. The molecule has 2 aliphatic rings. The minimum atomic E-state index is -3.95. The van der Waals surface area contributed by atoms with Gasteiger partial charge in [-0.05, 0) is 25.5 Å². The van der Waals surface area contributed by atoms with Crippen molar-refractivity contribution in [3.05, 3.63) is 28.3 Å². The van der Waals surface area contributed by atoms with Crippen LogP contribution in [0.3, 0.4) is 0 Å². The zero-order valence-electron chi connectivity index (χ0n) is 16.7. The maximum Gasteiger partial charge on any atom is 0.312 e. The number of carbonyl (C=O) groups excluding carboxylic acids is 1. The Balaban J connectivity index is 1.75. The number of sulfone groups is 1. The van der Waals surface area contributed by atoms with Crippen LogP contribution in [0.1, 0.15) is 13.3 Å². The monoisotopic (exact) mass is 477 g/mol. The molecule has 1 amide bonds. The molecule has 172 valence electrons. The number of amides is 1. The molecule has 2 atom stereocenters. The second-order valence-electron chi connectivity index (χ2n) is 7.27. The van der Waals surface area contributed by atoms with Crippen LogP contribution in [0.2, 0.25) is 0 Å². The lowest BCUT2D eigenvalue weighted by Crippen LogP contribution is -2.43. The summed E-state index contributed by atoms with van der Waals surface area (Å²) in [6.45, 7) is 2.11. The molecule has 1 aromatic rings. The first-order valence-corrected chi connectivity index (χ1v) is 12.8.